The summed E-state index contributed by atoms with van der Waals surface area (Å²) in [6, 6.07) is 17.3. The highest BCUT2D eigenvalue weighted by Crippen LogP contribution is 2.32. The number of nitriles is 1. The van der Waals surface area contributed by atoms with Gasteiger partial charge in [-0.25, -0.2) is 8.78 Å². The smallest absolute Gasteiger partial charge is 0.266 e. The molecule has 0 bridgehead atoms. The molecule has 1 N–H and O–H groups in total. The van der Waals surface area contributed by atoms with E-state index < -0.39 is 11.7 Å². The zero-order valence-corrected chi connectivity index (χ0v) is 18.0. The van der Waals surface area contributed by atoms with Crippen LogP contribution in [0.25, 0.3) is 6.08 Å². The number of ether oxygens (including phenoxy) is 1. The topological polar surface area (TPSA) is 62.1 Å². The molecule has 0 saturated carbocycles. The Bertz CT molecular complexity index is 1200. The first-order valence-electron chi connectivity index (χ1n) is 9.20. The first-order chi connectivity index (χ1) is 14.9. The first kappa shape index (κ1) is 22.2. The van der Waals surface area contributed by atoms with Crippen LogP contribution in [-0.4, -0.2) is 13.0 Å². The van der Waals surface area contributed by atoms with Crippen LogP contribution in [0.4, 0.5) is 14.5 Å². The van der Waals surface area contributed by atoms with Gasteiger partial charge in [0, 0.05) is 16.5 Å². The average Bonchev–Trinajstić information content (AvgIpc) is 2.76. The molecule has 0 spiro atoms. The van der Waals surface area contributed by atoms with Crippen LogP contribution in [0.15, 0.2) is 70.7 Å². The number of carbonyl (C=O) groups excluding carboxylic acids is 1. The van der Waals surface area contributed by atoms with Gasteiger partial charge < -0.3 is 10.1 Å². The molecule has 0 radical (unpaired) electrons. The third-order valence-corrected chi connectivity index (χ3v) is 5.23. The Balaban J connectivity index is 1.91. The summed E-state index contributed by atoms with van der Waals surface area (Å²) in [5, 5.41) is 11.8. The van der Waals surface area contributed by atoms with Gasteiger partial charge in [0.05, 0.1) is 12.8 Å². The Morgan fingerprint density at radius 3 is 2.45 bits per heavy atom. The molecule has 0 unspecified atom stereocenters. The molecular weight excluding hydrogens is 466 g/mol. The standard InChI is InChI=1S/C24H17BrF2N2O2/c1-31-23-12-15(11-19(25)18(23)13-16-6-2-3-7-20(16)26)10-17(14-28)24(30)29-22-9-5-4-8-21(22)27/h2-12H,13H2,1H3,(H,29,30)/b17-10+. The Morgan fingerprint density at radius 2 is 1.81 bits per heavy atom. The van der Waals surface area contributed by atoms with E-state index >= 15 is 0 Å². The van der Waals surface area contributed by atoms with Crippen LogP contribution >= 0.6 is 15.9 Å². The summed E-state index contributed by atoms with van der Waals surface area (Å²) in [5.41, 5.74) is 1.51. The van der Waals surface area contributed by atoms with Gasteiger partial charge in [-0.15, -0.1) is 0 Å². The third kappa shape index (κ3) is 5.36. The summed E-state index contributed by atoms with van der Waals surface area (Å²) in [4.78, 5) is 12.4. The second-order valence-corrected chi connectivity index (χ2v) is 7.41. The van der Waals surface area contributed by atoms with Crippen LogP contribution in [0.1, 0.15) is 16.7 Å². The highest BCUT2D eigenvalue weighted by atomic mass is 79.9. The number of methoxy groups -OCH3 is 1. The lowest BCUT2D eigenvalue weighted by molar-refractivity contribution is -0.112. The predicted molar refractivity (Wildman–Crippen MR) is 119 cm³/mol. The lowest BCUT2D eigenvalue weighted by Gasteiger charge is -2.13. The van der Waals surface area contributed by atoms with Crippen molar-refractivity contribution in [1.29, 1.82) is 5.26 Å². The normalized spacial score (nSPS) is 11.0. The van der Waals surface area contributed by atoms with Gasteiger partial charge in [-0.05, 0) is 47.5 Å². The summed E-state index contributed by atoms with van der Waals surface area (Å²) >= 11 is 3.47. The number of carbonyl (C=O) groups is 1. The minimum absolute atomic E-state index is 0.0207. The summed E-state index contributed by atoms with van der Waals surface area (Å²) in [5.74, 6) is -1.19. The number of hydrogen-bond acceptors (Lipinski definition) is 3. The molecule has 0 heterocycles. The van der Waals surface area contributed by atoms with Crippen molar-refractivity contribution >= 4 is 33.6 Å². The van der Waals surface area contributed by atoms with Crippen LogP contribution in [0.2, 0.25) is 0 Å². The summed E-state index contributed by atoms with van der Waals surface area (Å²) in [6.07, 6.45) is 1.66. The number of halogens is 3. The molecule has 7 heteroatoms. The molecular formula is C24H17BrF2N2O2. The Labute approximate surface area is 186 Å². The molecule has 3 aromatic carbocycles. The van der Waals surface area contributed by atoms with Gasteiger partial charge in [-0.3, -0.25) is 4.79 Å². The number of nitrogens with zero attached hydrogens (tertiary/aromatic N) is 1. The van der Waals surface area contributed by atoms with Crippen LogP contribution in [-0.2, 0) is 11.2 Å². The Kier molecular flexibility index (Phi) is 7.16. The number of rotatable bonds is 6. The maximum Gasteiger partial charge on any atom is 0.266 e. The number of hydrogen-bond donors (Lipinski definition) is 1. The molecule has 0 saturated heterocycles. The van der Waals surface area contributed by atoms with Crippen molar-refractivity contribution in [2.45, 2.75) is 6.42 Å². The van der Waals surface area contributed by atoms with Crippen molar-refractivity contribution < 1.29 is 18.3 Å². The molecule has 0 aliphatic rings. The van der Waals surface area contributed by atoms with E-state index in [1.807, 2.05) is 6.07 Å². The van der Waals surface area contributed by atoms with Crippen molar-refractivity contribution in [3.8, 4) is 11.8 Å². The molecule has 156 valence electrons. The first-order valence-corrected chi connectivity index (χ1v) is 9.99. The molecule has 0 atom stereocenters. The fraction of sp³-hybridized carbons (Fsp3) is 0.0833. The molecule has 1 amide bonds. The van der Waals surface area contributed by atoms with Gasteiger partial charge in [0.1, 0.15) is 29.0 Å². The fourth-order valence-electron chi connectivity index (χ4n) is 2.97. The second kappa shape index (κ2) is 10.0. The summed E-state index contributed by atoms with van der Waals surface area (Å²) in [6.45, 7) is 0. The molecule has 3 rings (SSSR count). The quantitative estimate of drug-likeness (QED) is 0.352. The second-order valence-electron chi connectivity index (χ2n) is 6.56. The van der Waals surface area contributed by atoms with Gasteiger partial charge in [0.25, 0.3) is 5.91 Å². The molecule has 0 aliphatic carbocycles. The van der Waals surface area contributed by atoms with Gasteiger partial charge in [-0.1, -0.05) is 46.3 Å². The van der Waals surface area contributed by atoms with E-state index in [0.717, 1.165) is 5.56 Å². The summed E-state index contributed by atoms with van der Waals surface area (Å²) in [7, 11) is 1.48. The van der Waals surface area contributed by atoms with E-state index in [4.69, 9.17) is 4.74 Å². The SMILES string of the molecule is COc1cc(/C=C(\C#N)C(=O)Nc2ccccc2F)cc(Br)c1Cc1ccccc1F. The van der Waals surface area contributed by atoms with Crippen molar-refractivity contribution in [3.63, 3.8) is 0 Å². The van der Waals surface area contributed by atoms with Crippen molar-refractivity contribution in [1.82, 2.24) is 0 Å². The average molecular weight is 483 g/mol. The van der Waals surface area contributed by atoms with Crippen molar-refractivity contribution in [2.75, 3.05) is 12.4 Å². The number of nitrogens with one attached hydrogen (secondary N) is 1. The highest BCUT2D eigenvalue weighted by molar-refractivity contribution is 9.10. The van der Waals surface area contributed by atoms with E-state index in [0.29, 0.717) is 27.8 Å². The Morgan fingerprint density at radius 1 is 1.13 bits per heavy atom. The van der Waals surface area contributed by atoms with E-state index in [1.165, 1.54) is 37.5 Å². The number of benzene rings is 3. The van der Waals surface area contributed by atoms with E-state index in [2.05, 4.69) is 21.2 Å². The van der Waals surface area contributed by atoms with Gasteiger partial charge >= 0.3 is 0 Å². The maximum absolute atomic E-state index is 14.1. The molecule has 31 heavy (non-hydrogen) atoms. The Hall–Kier alpha value is -3.50. The predicted octanol–water partition coefficient (Wildman–Crippen LogP) is 5.87. The van der Waals surface area contributed by atoms with Crippen LogP contribution < -0.4 is 10.1 Å². The molecule has 4 nitrogen and oxygen atoms in total. The molecule has 0 aromatic heterocycles. The number of para-hydroxylation sites is 1. The van der Waals surface area contributed by atoms with E-state index in [-0.39, 0.29) is 17.1 Å². The van der Waals surface area contributed by atoms with Gasteiger partial charge in [-0.2, -0.15) is 5.26 Å². The number of amides is 1. The minimum atomic E-state index is -0.738. The fourth-order valence-corrected chi connectivity index (χ4v) is 3.57. The zero-order valence-electron chi connectivity index (χ0n) is 16.5. The molecule has 0 fully saturated rings. The highest BCUT2D eigenvalue weighted by Gasteiger charge is 2.15. The largest absolute Gasteiger partial charge is 0.496 e. The van der Waals surface area contributed by atoms with Crippen LogP contribution in [0.3, 0.4) is 0 Å². The summed E-state index contributed by atoms with van der Waals surface area (Å²) < 4.78 is 33.9. The number of anilines is 1. The monoisotopic (exact) mass is 482 g/mol. The lowest BCUT2D eigenvalue weighted by Crippen LogP contribution is -2.14. The minimum Gasteiger partial charge on any atom is -0.496 e. The maximum atomic E-state index is 14.1. The zero-order chi connectivity index (χ0) is 22.4. The lowest BCUT2D eigenvalue weighted by atomic mass is 10.0. The van der Waals surface area contributed by atoms with E-state index in [1.54, 1.807) is 36.4 Å². The molecule has 0 aliphatic heterocycles. The van der Waals surface area contributed by atoms with Crippen molar-refractivity contribution in [2.24, 2.45) is 0 Å². The third-order valence-electron chi connectivity index (χ3n) is 4.52. The van der Waals surface area contributed by atoms with Crippen LogP contribution in [0, 0.1) is 23.0 Å². The molecule has 3 aromatic rings. The van der Waals surface area contributed by atoms with Crippen molar-refractivity contribution in [3.05, 3.63) is 99.0 Å². The van der Waals surface area contributed by atoms with E-state index in [9.17, 15) is 18.8 Å². The van der Waals surface area contributed by atoms with Gasteiger partial charge in [0.15, 0.2) is 0 Å². The van der Waals surface area contributed by atoms with Gasteiger partial charge in [0.2, 0.25) is 0 Å². The van der Waals surface area contributed by atoms with Crippen LogP contribution in [0.5, 0.6) is 5.75 Å².